The first-order valence-corrected chi connectivity index (χ1v) is 14.8. The fourth-order valence-electron chi connectivity index (χ4n) is 6.71. The van der Waals surface area contributed by atoms with Gasteiger partial charge in [-0.05, 0) is 38.2 Å². The summed E-state index contributed by atoms with van der Waals surface area (Å²) in [5, 5.41) is 13.0. The van der Waals surface area contributed by atoms with Crippen LogP contribution in [0.3, 0.4) is 0 Å². The summed E-state index contributed by atoms with van der Waals surface area (Å²) in [5.41, 5.74) is -0.279. The highest BCUT2D eigenvalue weighted by atomic mass is 16.6. The van der Waals surface area contributed by atoms with Crippen molar-refractivity contribution in [2.75, 3.05) is 19.7 Å². The number of allylic oxidation sites excluding steroid dienone is 1. The van der Waals surface area contributed by atoms with Crippen molar-refractivity contribution in [3.8, 4) is 0 Å². The first-order valence-electron chi connectivity index (χ1n) is 14.8. The topological polar surface area (TPSA) is 125 Å². The number of esters is 1. The average Bonchev–Trinajstić information content (AvgIpc) is 3.63. The van der Waals surface area contributed by atoms with Gasteiger partial charge in [-0.3, -0.25) is 19.2 Å². The van der Waals surface area contributed by atoms with Crippen molar-refractivity contribution in [1.29, 1.82) is 0 Å². The predicted molar refractivity (Wildman–Crippen MR) is 156 cm³/mol. The van der Waals surface area contributed by atoms with E-state index in [0.717, 1.165) is 5.56 Å². The normalized spacial score (nSPS) is 27.2. The lowest BCUT2D eigenvalue weighted by Gasteiger charge is -2.39. The Labute approximate surface area is 247 Å². The number of amides is 3. The minimum atomic E-state index is -1.21. The van der Waals surface area contributed by atoms with E-state index in [0.29, 0.717) is 38.6 Å². The maximum atomic E-state index is 14.4. The van der Waals surface area contributed by atoms with Gasteiger partial charge in [-0.15, -0.1) is 13.2 Å². The molecule has 228 valence electrons. The monoisotopic (exact) mass is 581 g/mol. The van der Waals surface area contributed by atoms with Gasteiger partial charge < -0.3 is 29.7 Å². The maximum Gasteiger partial charge on any atom is 0.312 e. The highest BCUT2D eigenvalue weighted by Crippen LogP contribution is 2.59. The Morgan fingerprint density at radius 1 is 1.26 bits per heavy atom. The molecule has 10 nitrogen and oxygen atoms in total. The third kappa shape index (κ3) is 6.01. The first-order chi connectivity index (χ1) is 20.2. The lowest BCUT2D eigenvalue weighted by Crippen LogP contribution is -2.58. The Hall–Kier alpha value is -3.50. The molecule has 2 N–H and O–H groups in total. The summed E-state index contributed by atoms with van der Waals surface area (Å²) in [6.45, 7) is 11.3. The number of nitrogens with zero attached hydrogens (tertiary/aromatic N) is 2. The van der Waals surface area contributed by atoms with Crippen LogP contribution in [0.4, 0.5) is 0 Å². The van der Waals surface area contributed by atoms with Gasteiger partial charge in [0, 0.05) is 19.5 Å². The Balaban J connectivity index is 1.60. The molecule has 42 heavy (non-hydrogen) atoms. The highest BCUT2D eigenvalue weighted by Gasteiger charge is 2.75. The van der Waals surface area contributed by atoms with Crippen LogP contribution >= 0.6 is 0 Å². The van der Waals surface area contributed by atoms with Crippen LogP contribution < -0.4 is 5.32 Å². The van der Waals surface area contributed by atoms with E-state index in [2.05, 4.69) is 18.5 Å². The number of aliphatic hydroxyl groups is 1. The molecule has 3 fully saturated rings. The van der Waals surface area contributed by atoms with Gasteiger partial charge in [0.15, 0.2) is 0 Å². The van der Waals surface area contributed by atoms with E-state index in [1.807, 2.05) is 37.3 Å². The van der Waals surface area contributed by atoms with Crippen LogP contribution in [0.1, 0.15) is 51.5 Å². The van der Waals surface area contributed by atoms with E-state index in [4.69, 9.17) is 9.47 Å². The van der Waals surface area contributed by atoms with E-state index < -0.39 is 47.7 Å². The number of carbonyl (C=O) groups excluding carboxylic acids is 4. The van der Waals surface area contributed by atoms with E-state index in [1.165, 1.54) is 4.90 Å². The molecule has 3 amide bonds. The molecule has 0 radical (unpaired) electrons. The summed E-state index contributed by atoms with van der Waals surface area (Å²) in [7, 11) is 0. The molecule has 1 spiro atoms. The summed E-state index contributed by atoms with van der Waals surface area (Å²) < 4.78 is 12.2. The fourth-order valence-corrected chi connectivity index (χ4v) is 6.71. The molecule has 3 aliphatic heterocycles. The van der Waals surface area contributed by atoms with E-state index in [-0.39, 0.29) is 37.4 Å². The van der Waals surface area contributed by atoms with Crippen molar-refractivity contribution >= 4 is 23.7 Å². The van der Waals surface area contributed by atoms with Gasteiger partial charge in [0.2, 0.25) is 17.7 Å². The number of benzene rings is 1. The van der Waals surface area contributed by atoms with Gasteiger partial charge in [-0.1, -0.05) is 49.4 Å². The number of hydrogen-bond acceptors (Lipinski definition) is 7. The molecule has 3 aliphatic rings. The molecule has 0 unspecified atom stereocenters. The molecule has 1 aromatic carbocycles. The number of likely N-dealkylation sites (tertiary alicyclic amines) is 1. The molecule has 3 saturated heterocycles. The summed E-state index contributed by atoms with van der Waals surface area (Å²) in [5.74, 6) is -3.21. The van der Waals surface area contributed by atoms with Crippen molar-refractivity contribution in [2.45, 2.75) is 82.4 Å². The van der Waals surface area contributed by atoms with E-state index in [9.17, 15) is 24.3 Å². The zero-order chi connectivity index (χ0) is 30.4. The molecule has 3 heterocycles. The van der Waals surface area contributed by atoms with Crippen molar-refractivity contribution < 1.29 is 33.8 Å². The van der Waals surface area contributed by atoms with Crippen LogP contribution in [-0.4, -0.2) is 88.2 Å². The zero-order valence-corrected chi connectivity index (χ0v) is 24.6. The number of fused-ring (bicyclic) bond motifs is 1. The minimum absolute atomic E-state index is 0.134. The molecular formula is C32H43N3O7. The number of aliphatic hydroxyl groups excluding tert-OH is 1. The number of nitrogens with one attached hydrogen (secondary N) is 1. The number of ether oxygens (including phenoxy) is 2. The van der Waals surface area contributed by atoms with Gasteiger partial charge in [-0.2, -0.15) is 0 Å². The Bertz CT molecular complexity index is 1170. The lowest BCUT2D eigenvalue weighted by molar-refractivity contribution is -0.160. The second-order valence-corrected chi connectivity index (χ2v) is 11.4. The smallest absolute Gasteiger partial charge is 0.312 e. The lowest BCUT2D eigenvalue weighted by atomic mass is 9.70. The van der Waals surface area contributed by atoms with Crippen molar-refractivity contribution in [2.24, 2.45) is 11.8 Å². The largest absolute Gasteiger partial charge is 0.460 e. The van der Waals surface area contributed by atoms with Crippen LogP contribution in [0.2, 0.25) is 0 Å². The molecule has 7 atom stereocenters. The van der Waals surface area contributed by atoms with Gasteiger partial charge in [0.25, 0.3) is 0 Å². The first kappa shape index (κ1) is 31.4. The van der Waals surface area contributed by atoms with Gasteiger partial charge in [-0.25, -0.2) is 0 Å². The zero-order valence-electron chi connectivity index (χ0n) is 24.6. The Morgan fingerprint density at radius 2 is 2.00 bits per heavy atom. The molecule has 0 saturated carbocycles. The molecule has 4 rings (SSSR count). The number of carbonyl (C=O) groups is 4. The molecule has 2 bridgehead atoms. The van der Waals surface area contributed by atoms with Crippen LogP contribution in [0, 0.1) is 11.8 Å². The van der Waals surface area contributed by atoms with Crippen molar-refractivity contribution in [3.63, 3.8) is 0 Å². The van der Waals surface area contributed by atoms with Crippen LogP contribution in [0.15, 0.2) is 55.6 Å². The van der Waals surface area contributed by atoms with Gasteiger partial charge in [0.05, 0.1) is 37.1 Å². The summed E-state index contributed by atoms with van der Waals surface area (Å²) in [6, 6.07) is 7.94. The molecule has 0 aromatic heterocycles. The highest BCUT2D eigenvalue weighted by molar-refractivity contribution is 5.98. The summed E-state index contributed by atoms with van der Waals surface area (Å²) >= 11 is 0. The van der Waals surface area contributed by atoms with E-state index >= 15 is 0 Å². The van der Waals surface area contributed by atoms with Gasteiger partial charge in [0.1, 0.15) is 17.7 Å². The fraction of sp³-hybridized carbons (Fsp3) is 0.562. The molecule has 10 heteroatoms. The van der Waals surface area contributed by atoms with Crippen LogP contribution in [-0.2, 0) is 35.2 Å². The molecule has 0 aliphatic carbocycles. The quantitative estimate of drug-likeness (QED) is 0.241. The van der Waals surface area contributed by atoms with Crippen LogP contribution in [0.5, 0.6) is 0 Å². The standard InChI is InChI=1S/C32H43N3O7/c1-5-8-14-25(37)33-18-21(4)41-31(40)26-24-15-16-32(42-24)27(26)29(38)35(23(7-3)20-36)28(32)30(39)34(17-6-2)19-22-12-10-9-11-13-22/h5-6,9-13,21,23-24,26-28,36H,1-2,7-8,14-20H2,3-4H3,(H,33,37)/t21-,23+,24-,26+,27+,28-,32+/m1/s1. The van der Waals surface area contributed by atoms with E-state index in [1.54, 1.807) is 24.0 Å². The Kier molecular flexibility index (Phi) is 10.2. The second kappa shape index (κ2) is 13.6. The maximum absolute atomic E-state index is 14.4. The number of rotatable bonds is 15. The number of hydrogen-bond donors (Lipinski definition) is 2. The third-order valence-corrected chi connectivity index (χ3v) is 8.68. The second-order valence-electron chi connectivity index (χ2n) is 11.4. The van der Waals surface area contributed by atoms with Crippen LogP contribution in [0.25, 0.3) is 0 Å². The Morgan fingerprint density at radius 3 is 2.64 bits per heavy atom. The average molecular weight is 582 g/mol. The minimum Gasteiger partial charge on any atom is -0.460 e. The SMILES string of the molecule is C=CCCC(=O)NC[C@@H](C)OC(=O)[C@@H]1[C@H]2C(=O)N([C@@H](CC)CO)[C@H](C(=O)N(CC=C)Cc3ccccc3)[C@]23CC[C@H]1O3. The van der Waals surface area contributed by atoms with Crippen molar-refractivity contribution in [1.82, 2.24) is 15.1 Å². The summed E-state index contributed by atoms with van der Waals surface area (Å²) in [4.78, 5) is 57.2. The third-order valence-electron chi connectivity index (χ3n) is 8.68. The van der Waals surface area contributed by atoms with Crippen molar-refractivity contribution in [3.05, 3.63) is 61.2 Å². The molecule has 1 aromatic rings. The predicted octanol–water partition coefficient (Wildman–Crippen LogP) is 2.36. The molecular weight excluding hydrogens is 538 g/mol. The summed E-state index contributed by atoms with van der Waals surface area (Å²) in [6.07, 6.45) is 4.33. The van der Waals surface area contributed by atoms with Gasteiger partial charge >= 0.3 is 5.97 Å².